The molecular weight excluding hydrogens is 430 g/mol. The van der Waals surface area contributed by atoms with Crippen molar-refractivity contribution in [3.8, 4) is 28.8 Å². The number of halogens is 2. The van der Waals surface area contributed by atoms with Crippen LogP contribution in [0.1, 0.15) is 17.5 Å². The van der Waals surface area contributed by atoms with Crippen LogP contribution in [0.15, 0.2) is 48.7 Å². The number of hydrogen-bond acceptors (Lipinski definition) is 5. The number of amides is 1. The minimum absolute atomic E-state index is 0.0957. The highest BCUT2D eigenvalue weighted by Gasteiger charge is 2.29. The van der Waals surface area contributed by atoms with Gasteiger partial charge in [-0.15, -0.1) is 0 Å². The van der Waals surface area contributed by atoms with Crippen LogP contribution in [0.5, 0.6) is 11.5 Å². The topological polar surface area (TPSA) is 80.4 Å². The molecule has 1 aliphatic rings. The minimum Gasteiger partial charge on any atom is -0.493 e. The van der Waals surface area contributed by atoms with E-state index >= 15 is 0 Å². The third-order valence-corrected chi connectivity index (χ3v) is 5.29. The van der Waals surface area contributed by atoms with E-state index in [1.165, 1.54) is 13.2 Å². The largest absolute Gasteiger partial charge is 0.493 e. The summed E-state index contributed by atoms with van der Waals surface area (Å²) in [7, 11) is 3.07. The van der Waals surface area contributed by atoms with Crippen LogP contribution in [0, 0.1) is 11.3 Å². The second-order valence-corrected chi connectivity index (χ2v) is 7.29. The van der Waals surface area contributed by atoms with Crippen molar-refractivity contribution in [3.05, 3.63) is 59.8 Å². The number of anilines is 1. The summed E-state index contributed by atoms with van der Waals surface area (Å²) in [5.41, 5.74) is 3.87. The fourth-order valence-corrected chi connectivity index (χ4v) is 3.75. The van der Waals surface area contributed by atoms with Gasteiger partial charge in [0.25, 0.3) is 5.91 Å². The van der Waals surface area contributed by atoms with Crippen molar-refractivity contribution in [1.29, 1.82) is 5.26 Å². The van der Waals surface area contributed by atoms with Gasteiger partial charge in [0, 0.05) is 35.5 Å². The molecular formula is C24H20F2N4O3. The van der Waals surface area contributed by atoms with Crippen molar-refractivity contribution in [2.75, 3.05) is 19.1 Å². The number of carbonyl (C=O) groups excluding carboxylic acids is 1. The zero-order valence-corrected chi connectivity index (χ0v) is 18.0. The molecule has 7 nitrogen and oxygen atoms in total. The first-order valence-electron chi connectivity index (χ1n) is 10.1. The number of carbonyl (C=O) groups is 1. The maximum absolute atomic E-state index is 12.9. The Hall–Kier alpha value is -4.19. The van der Waals surface area contributed by atoms with E-state index in [0.29, 0.717) is 28.9 Å². The third-order valence-electron chi connectivity index (χ3n) is 5.29. The van der Waals surface area contributed by atoms with Crippen LogP contribution in [0.4, 0.5) is 14.5 Å². The van der Waals surface area contributed by atoms with Gasteiger partial charge in [0.05, 0.1) is 37.5 Å². The molecule has 0 atom stereocenters. The molecule has 0 unspecified atom stereocenters. The van der Waals surface area contributed by atoms with Crippen molar-refractivity contribution >= 4 is 23.2 Å². The maximum Gasteiger partial charge on any atom is 0.387 e. The van der Waals surface area contributed by atoms with E-state index in [1.807, 2.05) is 24.3 Å². The second kappa shape index (κ2) is 9.12. The standard InChI is InChI=1S/C24H20F2N4O3/c1-29-19-7-4-3-6-17(19)18(23(29)31)12-16-14-30(11-5-10-27)28-22(16)15-8-9-20(33-24(25)26)21(13-15)32-2/h3-4,6-9,12-14,24H,5,11H2,1-2H3/b18-12+. The lowest BCUT2D eigenvalue weighted by Crippen LogP contribution is -2.20. The Balaban J connectivity index is 1.82. The lowest BCUT2D eigenvalue weighted by molar-refractivity contribution is -0.112. The van der Waals surface area contributed by atoms with Gasteiger partial charge in [0.1, 0.15) is 0 Å². The van der Waals surface area contributed by atoms with E-state index in [9.17, 15) is 13.6 Å². The predicted molar refractivity (Wildman–Crippen MR) is 119 cm³/mol. The zero-order chi connectivity index (χ0) is 23.5. The highest BCUT2D eigenvalue weighted by atomic mass is 19.3. The normalized spacial score (nSPS) is 14.0. The molecule has 0 spiro atoms. The van der Waals surface area contributed by atoms with Gasteiger partial charge < -0.3 is 14.4 Å². The van der Waals surface area contributed by atoms with Crippen LogP contribution >= 0.6 is 0 Å². The summed E-state index contributed by atoms with van der Waals surface area (Å²) in [5, 5.41) is 13.5. The molecule has 0 N–H and O–H groups in total. The summed E-state index contributed by atoms with van der Waals surface area (Å²) < 4.78 is 36.7. The number of ether oxygens (including phenoxy) is 2. The molecule has 0 radical (unpaired) electrons. The number of fused-ring (bicyclic) bond motifs is 1. The first-order valence-corrected chi connectivity index (χ1v) is 10.1. The summed E-state index contributed by atoms with van der Waals surface area (Å²) in [6, 6.07) is 14.1. The Morgan fingerprint density at radius 1 is 1.21 bits per heavy atom. The molecule has 2 aromatic carbocycles. The van der Waals surface area contributed by atoms with Crippen molar-refractivity contribution < 1.29 is 23.0 Å². The molecule has 2 heterocycles. The molecule has 1 aromatic heterocycles. The molecule has 0 fully saturated rings. The third kappa shape index (κ3) is 4.28. The number of rotatable bonds is 7. The Kier molecular flexibility index (Phi) is 6.09. The summed E-state index contributed by atoms with van der Waals surface area (Å²) in [6.07, 6.45) is 3.77. The van der Waals surface area contributed by atoms with Crippen LogP contribution in [-0.4, -0.2) is 36.5 Å². The summed E-state index contributed by atoms with van der Waals surface area (Å²) in [4.78, 5) is 14.5. The predicted octanol–water partition coefficient (Wildman–Crippen LogP) is 4.59. The number of benzene rings is 2. The molecule has 1 amide bonds. The summed E-state index contributed by atoms with van der Waals surface area (Å²) in [5.74, 6) is -0.119. The maximum atomic E-state index is 12.9. The van der Waals surface area contributed by atoms with E-state index in [4.69, 9.17) is 10.00 Å². The lowest BCUT2D eigenvalue weighted by Gasteiger charge is -2.11. The molecule has 0 bridgehead atoms. The smallest absolute Gasteiger partial charge is 0.387 e. The van der Waals surface area contributed by atoms with Crippen molar-refractivity contribution in [2.45, 2.75) is 19.6 Å². The lowest BCUT2D eigenvalue weighted by atomic mass is 10.0. The van der Waals surface area contributed by atoms with Gasteiger partial charge in [-0.25, -0.2) is 0 Å². The number of hydrogen-bond donors (Lipinski definition) is 0. The van der Waals surface area contributed by atoms with Gasteiger partial charge in [-0.2, -0.15) is 19.1 Å². The van der Waals surface area contributed by atoms with Crippen molar-refractivity contribution in [2.24, 2.45) is 0 Å². The number of nitrogens with zero attached hydrogens (tertiary/aromatic N) is 4. The number of aromatic nitrogens is 2. The van der Waals surface area contributed by atoms with Crippen molar-refractivity contribution in [1.82, 2.24) is 9.78 Å². The molecule has 0 saturated heterocycles. The molecule has 4 rings (SSSR count). The van der Waals surface area contributed by atoms with E-state index < -0.39 is 6.61 Å². The van der Waals surface area contributed by atoms with Gasteiger partial charge in [-0.05, 0) is 30.3 Å². The highest BCUT2D eigenvalue weighted by molar-refractivity contribution is 6.35. The fraction of sp³-hybridized carbons (Fsp3) is 0.208. The van der Waals surface area contributed by atoms with Crippen LogP contribution in [0.2, 0.25) is 0 Å². The van der Waals surface area contributed by atoms with Crippen LogP contribution in [0.3, 0.4) is 0 Å². The first-order chi connectivity index (χ1) is 15.9. The van der Waals surface area contributed by atoms with Gasteiger partial charge in [0.15, 0.2) is 11.5 Å². The SMILES string of the molecule is COc1cc(-c2nn(CCC#N)cc2/C=C2/C(=O)N(C)c3ccccc32)ccc1OC(F)F. The Morgan fingerprint density at radius 3 is 2.73 bits per heavy atom. The Labute approximate surface area is 189 Å². The quantitative estimate of drug-likeness (QED) is 0.492. The fourth-order valence-electron chi connectivity index (χ4n) is 3.75. The Bertz CT molecular complexity index is 1280. The summed E-state index contributed by atoms with van der Waals surface area (Å²) in [6.45, 7) is -2.62. The van der Waals surface area contributed by atoms with E-state index in [1.54, 1.807) is 41.0 Å². The molecule has 9 heteroatoms. The number of alkyl halides is 2. The monoisotopic (exact) mass is 450 g/mol. The van der Waals surface area contributed by atoms with E-state index in [-0.39, 0.29) is 23.8 Å². The van der Waals surface area contributed by atoms with E-state index in [2.05, 4.69) is 15.9 Å². The summed E-state index contributed by atoms with van der Waals surface area (Å²) >= 11 is 0. The minimum atomic E-state index is -2.99. The molecule has 0 saturated carbocycles. The van der Waals surface area contributed by atoms with Crippen LogP contribution < -0.4 is 14.4 Å². The van der Waals surface area contributed by atoms with Crippen LogP contribution in [0.25, 0.3) is 22.9 Å². The average Bonchev–Trinajstić information content (AvgIpc) is 3.32. The van der Waals surface area contributed by atoms with Gasteiger partial charge >= 0.3 is 6.61 Å². The first kappa shape index (κ1) is 22.0. The number of para-hydroxylation sites is 1. The van der Waals surface area contributed by atoms with Gasteiger partial charge in [0.2, 0.25) is 0 Å². The van der Waals surface area contributed by atoms with Crippen LogP contribution in [-0.2, 0) is 11.3 Å². The Morgan fingerprint density at radius 2 is 2.00 bits per heavy atom. The molecule has 168 valence electrons. The average molecular weight is 450 g/mol. The zero-order valence-electron chi connectivity index (χ0n) is 18.0. The molecule has 3 aromatic rings. The molecule has 33 heavy (non-hydrogen) atoms. The highest BCUT2D eigenvalue weighted by Crippen LogP contribution is 2.39. The molecule has 0 aliphatic carbocycles. The van der Waals surface area contributed by atoms with Gasteiger partial charge in [-0.1, -0.05) is 18.2 Å². The van der Waals surface area contributed by atoms with Gasteiger partial charge in [-0.3, -0.25) is 9.48 Å². The number of aryl methyl sites for hydroxylation is 1. The number of nitriles is 1. The van der Waals surface area contributed by atoms with Crippen molar-refractivity contribution in [3.63, 3.8) is 0 Å². The molecule has 1 aliphatic heterocycles. The van der Waals surface area contributed by atoms with E-state index in [0.717, 1.165) is 11.3 Å². The second-order valence-electron chi connectivity index (χ2n) is 7.29. The number of methoxy groups -OCH3 is 1. The number of likely N-dealkylation sites (N-methyl/N-ethyl adjacent to an activating group) is 1.